The Morgan fingerprint density at radius 2 is 2.00 bits per heavy atom. The van der Waals surface area contributed by atoms with Crippen LogP contribution in [0.2, 0.25) is 0 Å². The number of para-hydroxylation sites is 1. The van der Waals surface area contributed by atoms with Gasteiger partial charge in [-0.3, -0.25) is 0 Å². The topological polar surface area (TPSA) is 39.8 Å². The van der Waals surface area contributed by atoms with Crippen LogP contribution in [-0.2, 0) is 12.8 Å². The van der Waals surface area contributed by atoms with Gasteiger partial charge in [-0.2, -0.15) is 0 Å². The van der Waals surface area contributed by atoms with E-state index >= 15 is 0 Å². The molecule has 1 aromatic heterocycles. The molecule has 4 heteroatoms. The molecule has 0 saturated carbocycles. The van der Waals surface area contributed by atoms with Gasteiger partial charge < -0.3 is 15.6 Å². The normalized spacial score (nSPS) is 10.7. The van der Waals surface area contributed by atoms with Crippen LogP contribution in [-0.4, -0.2) is 16.6 Å². The highest BCUT2D eigenvalue weighted by atomic mass is 32.1. The predicted molar refractivity (Wildman–Crippen MR) is 102 cm³/mol. The lowest BCUT2D eigenvalue weighted by atomic mass is 10.1. The van der Waals surface area contributed by atoms with Crippen molar-refractivity contribution in [2.75, 3.05) is 11.9 Å². The van der Waals surface area contributed by atoms with E-state index < -0.39 is 0 Å². The molecule has 3 nitrogen and oxygen atoms in total. The summed E-state index contributed by atoms with van der Waals surface area (Å²) in [6.45, 7) is 2.96. The molecule has 0 aliphatic rings. The van der Waals surface area contributed by atoms with Gasteiger partial charge in [0.15, 0.2) is 5.11 Å². The maximum Gasteiger partial charge on any atom is 0.170 e. The number of aromatic amines is 1. The fraction of sp³-hybridized carbons (Fsp3) is 0.211. The largest absolute Gasteiger partial charge is 0.362 e. The minimum absolute atomic E-state index is 0.665. The SMILES string of the molecule is CCc1cccc(NC(=S)NCCc2c[nH]c3ccccc23)c1. The first-order valence-corrected chi connectivity index (χ1v) is 8.36. The van der Waals surface area contributed by atoms with E-state index in [9.17, 15) is 0 Å². The monoisotopic (exact) mass is 323 g/mol. The number of fused-ring (bicyclic) bond motifs is 1. The molecule has 0 radical (unpaired) electrons. The van der Waals surface area contributed by atoms with Gasteiger partial charge in [-0.1, -0.05) is 37.3 Å². The number of anilines is 1. The minimum atomic E-state index is 0.665. The molecule has 1 heterocycles. The molecule has 0 atom stereocenters. The van der Waals surface area contributed by atoms with Crippen molar-refractivity contribution in [1.82, 2.24) is 10.3 Å². The average molecular weight is 323 g/mol. The second-order valence-electron chi connectivity index (χ2n) is 5.54. The second-order valence-corrected chi connectivity index (χ2v) is 5.95. The maximum atomic E-state index is 5.38. The molecule has 3 rings (SSSR count). The minimum Gasteiger partial charge on any atom is -0.362 e. The smallest absolute Gasteiger partial charge is 0.170 e. The molecule has 2 aromatic carbocycles. The summed E-state index contributed by atoms with van der Waals surface area (Å²) in [4.78, 5) is 3.30. The third-order valence-electron chi connectivity index (χ3n) is 3.95. The zero-order chi connectivity index (χ0) is 16.1. The number of hydrogen-bond acceptors (Lipinski definition) is 1. The van der Waals surface area contributed by atoms with Gasteiger partial charge >= 0.3 is 0 Å². The van der Waals surface area contributed by atoms with Crippen LogP contribution in [0.4, 0.5) is 5.69 Å². The zero-order valence-corrected chi connectivity index (χ0v) is 14.0. The molecule has 0 bridgehead atoms. The summed E-state index contributed by atoms with van der Waals surface area (Å²) < 4.78 is 0. The molecule has 0 fully saturated rings. The van der Waals surface area contributed by atoms with E-state index in [-0.39, 0.29) is 0 Å². The van der Waals surface area contributed by atoms with E-state index in [1.165, 1.54) is 22.0 Å². The van der Waals surface area contributed by atoms with Gasteiger partial charge in [-0.15, -0.1) is 0 Å². The van der Waals surface area contributed by atoms with Gasteiger partial charge in [0.1, 0.15) is 0 Å². The number of hydrogen-bond donors (Lipinski definition) is 3. The molecule has 3 N–H and O–H groups in total. The Bertz CT molecular complexity index is 807. The van der Waals surface area contributed by atoms with Gasteiger partial charge in [0.25, 0.3) is 0 Å². The first-order valence-electron chi connectivity index (χ1n) is 7.95. The molecule has 0 aliphatic heterocycles. The highest BCUT2D eigenvalue weighted by molar-refractivity contribution is 7.80. The quantitative estimate of drug-likeness (QED) is 0.614. The summed E-state index contributed by atoms with van der Waals surface area (Å²) in [5, 5.41) is 8.47. The standard InChI is InChI=1S/C19H21N3S/c1-2-14-6-5-7-16(12-14)22-19(23)20-11-10-15-13-21-18-9-4-3-8-17(15)18/h3-9,12-13,21H,2,10-11H2,1H3,(H2,20,22,23). The van der Waals surface area contributed by atoms with Crippen molar-refractivity contribution in [2.24, 2.45) is 0 Å². The molecule has 23 heavy (non-hydrogen) atoms. The molecule has 0 aliphatic carbocycles. The van der Waals surface area contributed by atoms with E-state index in [0.717, 1.165) is 25.1 Å². The lowest BCUT2D eigenvalue weighted by Gasteiger charge is -2.11. The van der Waals surface area contributed by atoms with E-state index in [0.29, 0.717) is 5.11 Å². The molecule has 0 unspecified atom stereocenters. The molecule has 0 spiro atoms. The van der Waals surface area contributed by atoms with Crippen LogP contribution in [0.15, 0.2) is 54.7 Å². The highest BCUT2D eigenvalue weighted by Crippen LogP contribution is 2.17. The Morgan fingerprint density at radius 3 is 2.87 bits per heavy atom. The Labute approximate surface area is 142 Å². The number of aromatic nitrogens is 1. The number of rotatable bonds is 5. The van der Waals surface area contributed by atoms with Gasteiger partial charge in [-0.05, 0) is 54.4 Å². The van der Waals surface area contributed by atoms with Crippen LogP contribution in [0.3, 0.4) is 0 Å². The van der Waals surface area contributed by atoms with Crippen molar-refractivity contribution in [1.29, 1.82) is 0 Å². The van der Waals surface area contributed by atoms with Crippen LogP contribution in [0, 0.1) is 0 Å². The summed E-state index contributed by atoms with van der Waals surface area (Å²) in [5.41, 5.74) is 4.83. The number of benzene rings is 2. The fourth-order valence-corrected chi connectivity index (χ4v) is 2.91. The first-order chi connectivity index (χ1) is 11.3. The van der Waals surface area contributed by atoms with Gasteiger partial charge in [0, 0.05) is 29.3 Å². The van der Waals surface area contributed by atoms with Gasteiger partial charge in [-0.25, -0.2) is 0 Å². The molecule has 118 valence electrons. The number of H-pyrrole nitrogens is 1. The van der Waals surface area contributed by atoms with Gasteiger partial charge in [0.2, 0.25) is 0 Å². The highest BCUT2D eigenvalue weighted by Gasteiger charge is 2.03. The molecule has 3 aromatic rings. The Hall–Kier alpha value is -2.33. The van der Waals surface area contributed by atoms with Crippen LogP contribution >= 0.6 is 12.2 Å². The Kier molecular flexibility index (Phi) is 4.93. The van der Waals surface area contributed by atoms with E-state index in [2.05, 4.69) is 65.1 Å². The van der Waals surface area contributed by atoms with E-state index in [1.54, 1.807) is 0 Å². The van der Waals surface area contributed by atoms with Crippen molar-refractivity contribution >= 4 is 33.9 Å². The van der Waals surface area contributed by atoms with Gasteiger partial charge in [0.05, 0.1) is 0 Å². The van der Waals surface area contributed by atoms with Crippen molar-refractivity contribution in [3.05, 3.63) is 65.9 Å². The van der Waals surface area contributed by atoms with E-state index in [1.807, 2.05) is 12.1 Å². The first kappa shape index (κ1) is 15.6. The molecular weight excluding hydrogens is 302 g/mol. The Morgan fingerprint density at radius 1 is 1.13 bits per heavy atom. The summed E-state index contributed by atoms with van der Waals surface area (Å²) in [5.74, 6) is 0. The Balaban J connectivity index is 1.53. The van der Waals surface area contributed by atoms with E-state index in [4.69, 9.17) is 12.2 Å². The lowest BCUT2D eigenvalue weighted by Crippen LogP contribution is -2.30. The van der Waals surface area contributed by atoms with Crippen LogP contribution in [0.25, 0.3) is 10.9 Å². The third-order valence-corrected chi connectivity index (χ3v) is 4.19. The fourth-order valence-electron chi connectivity index (χ4n) is 2.69. The average Bonchev–Trinajstić information content (AvgIpc) is 2.98. The summed E-state index contributed by atoms with van der Waals surface area (Å²) >= 11 is 5.38. The predicted octanol–water partition coefficient (Wildman–Crippen LogP) is 4.26. The zero-order valence-electron chi connectivity index (χ0n) is 13.2. The number of thiocarbonyl (C=S) groups is 1. The van der Waals surface area contributed by atoms with Crippen molar-refractivity contribution in [3.8, 4) is 0 Å². The lowest BCUT2D eigenvalue weighted by molar-refractivity contribution is 0.878. The van der Waals surface area contributed by atoms with Crippen molar-refractivity contribution in [3.63, 3.8) is 0 Å². The number of nitrogens with one attached hydrogen (secondary N) is 3. The summed E-state index contributed by atoms with van der Waals surface area (Å²) in [7, 11) is 0. The third kappa shape index (κ3) is 3.90. The second kappa shape index (κ2) is 7.29. The molecular formula is C19H21N3S. The number of aryl methyl sites for hydroxylation is 1. The van der Waals surface area contributed by atoms with Crippen molar-refractivity contribution in [2.45, 2.75) is 19.8 Å². The molecule has 0 saturated heterocycles. The maximum absolute atomic E-state index is 5.38. The van der Waals surface area contributed by atoms with Crippen LogP contribution in [0.1, 0.15) is 18.1 Å². The summed E-state index contributed by atoms with van der Waals surface area (Å²) in [6, 6.07) is 16.7. The van der Waals surface area contributed by atoms with Crippen LogP contribution < -0.4 is 10.6 Å². The van der Waals surface area contributed by atoms with Crippen molar-refractivity contribution < 1.29 is 0 Å². The summed E-state index contributed by atoms with van der Waals surface area (Å²) in [6.07, 6.45) is 4.03. The van der Waals surface area contributed by atoms with Crippen LogP contribution in [0.5, 0.6) is 0 Å². The molecule has 0 amide bonds.